The van der Waals surface area contributed by atoms with Crippen molar-refractivity contribution in [3.05, 3.63) is 0 Å². The van der Waals surface area contributed by atoms with E-state index in [2.05, 4.69) is 5.92 Å². The predicted molar refractivity (Wildman–Crippen MR) is 73.8 cm³/mol. The summed E-state index contributed by atoms with van der Waals surface area (Å²) < 4.78 is 21.0. The molecule has 0 unspecified atom stereocenters. The summed E-state index contributed by atoms with van der Waals surface area (Å²) in [7, 11) is 0. The number of hydrogen-bond donors (Lipinski definition) is 0. The first kappa shape index (κ1) is 17.1. The number of carbonyl (C=O) groups excluding carboxylic acids is 1. The summed E-state index contributed by atoms with van der Waals surface area (Å²) in [6.45, 7) is 9.65. The first-order valence-electron chi connectivity index (χ1n) is 6.75. The van der Waals surface area contributed by atoms with Crippen LogP contribution in [0.5, 0.6) is 0 Å². The molecule has 0 amide bonds. The Morgan fingerprint density at radius 1 is 0.950 bits per heavy atom. The number of hydrogen-bond acceptors (Lipinski definition) is 5. The van der Waals surface area contributed by atoms with Gasteiger partial charge in [-0.15, -0.1) is 6.42 Å². The Morgan fingerprint density at radius 3 is 1.70 bits per heavy atom. The number of terminal acetylenes is 1. The van der Waals surface area contributed by atoms with E-state index >= 15 is 0 Å². The maximum atomic E-state index is 10.2. The molecule has 2 aliphatic rings. The number of aldehydes is 1. The lowest BCUT2D eigenvalue weighted by molar-refractivity contribution is -0.257. The van der Waals surface area contributed by atoms with Gasteiger partial charge in [0.2, 0.25) is 0 Å². The van der Waals surface area contributed by atoms with Crippen LogP contribution >= 0.6 is 0 Å². The summed E-state index contributed by atoms with van der Waals surface area (Å²) in [4.78, 5) is 10.2. The third-order valence-corrected chi connectivity index (χ3v) is 2.98. The first-order chi connectivity index (χ1) is 9.28. The Hall–Kier alpha value is -0.930. The monoisotopic (exact) mass is 284 g/mol. The van der Waals surface area contributed by atoms with Gasteiger partial charge in [-0.25, -0.2) is 0 Å². The molecule has 0 radical (unpaired) electrons. The molecule has 0 aromatic heterocycles. The van der Waals surface area contributed by atoms with Crippen LogP contribution in [0.3, 0.4) is 0 Å². The van der Waals surface area contributed by atoms with E-state index in [1.807, 2.05) is 27.7 Å². The van der Waals surface area contributed by atoms with Gasteiger partial charge in [0.15, 0.2) is 11.6 Å². The van der Waals surface area contributed by atoms with Gasteiger partial charge in [-0.2, -0.15) is 0 Å². The van der Waals surface area contributed by atoms with Crippen LogP contribution in [0.25, 0.3) is 0 Å². The van der Waals surface area contributed by atoms with Gasteiger partial charge in [-0.1, -0.05) is 5.92 Å². The smallest absolute Gasteiger partial charge is 0.162 e. The number of ether oxygens (including phenoxy) is 4. The molecule has 0 bridgehead atoms. The molecule has 114 valence electrons. The van der Waals surface area contributed by atoms with Crippen LogP contribution in [0.4, 0.5) is 0 Å². The second kappa shape index (κ2) is 7.19. The Labute approximate surface area is 120 Å². The molecule has 0 N–H and O–H groups in total. The molecule has 2 aliphatic heterocycles. The molecule has 2 saturated heterocycles. The molecule has 0 atom stereocenters. The van der Waals surface area contributed by atoms with E-state index in [1.165, 1.54) is 0 Å². The molecule has 5 heteroatoms. The topological polar surface area (TPSA) is 54.0 Å². The molecule has 0 aromatic rings. The highest BCUT2D eigenvalue weighted by molar-refractivity contribution is 5.53. The second-order valence-electron chi connectivity index (χ2n) is 5.80. The largest absolute Gasteiger partial charge is 0.350 e. The van der Waals surface area contributed by atoms with Crippen molar-refractivity contribution in [1.29, 1.82) is 0 Å². The summed E-state index contributed by atoms with van der Waals surface area (Å²) >= 11 is 0. The van der Waals surface area contributed by atoms with Crippen molar-refractivity contribution < 1.29 is 23.7 Å². The highest BCUT2D eigenvalue weighted by atomic mass is 16.7. The van der Waals surface area contributed by atoms with Crippen LogP contribution in [0.1, 0.15) is 27.7 Å². The zero-order chi connectivity index (χ0) is 15.2. The fourth-order valence-electron chi connectivity index (χ4n) is 1.57. The zero-order valence-corrected chi connectivity index (χ0v) is 12.7. The number of carbonyl (C=O) groups is 1. The van der Waals surface area contributed by atoms with E-state index in [4.69, 9.17) is 25.4 Å². The SMILES string of the molecule is C#CC1COC(C)(C)OC1.CC1(C)OCC(C=O)CO1. The summed E-state index contributed by atoms with van der Waals surface area (Å²) in [5, 5.41) is 0. The van der Waals surface area contributed by atoms with E-state index in [0.29, 0.717) is 26.4 Å². The van der Waals surface area contributed by atoms with Gasteiger partial charge in [0.25, 0.3) is 0 Å². The average Bonchev–Trinajstić information content (AvgIpc) is 2.40. The van der Waals surface area contributed by atoms with Crippen molar-refractivity contribution in [2.24, 2.45) is 11.8 Å². The van der Waals surface area contributed by atoms with E-state index in [1.54, 1.807) is 0 Å². The minimum atomic E-state index is -0.500. The minimum Gasteiger partial charge on any atom is -0.350 e. The van der Waals surface area contributed by atoms with E-state index < -0.39 is 11.6 Å². The fourth-order valence-corrected chi connectivity index (χ4v) is 1.57. The van der Waals surface area contributed by atoms with Crippen molar-refractivity contribution in [2.45, 2.75) is 39.3 Å². The van der Waals surface area contributed by atoms with Gasteiger partial charge in [0, 0.05) is 0 Å². The van der Waals surface area contributed by atoms with Crippen LogP contribution in [0.15, 0.2) is 0 Å². The van der Waals surface area contributed by atoms with Crippen molar-refractivity contribution >= 4 is 6.29 Å². The second-order valence-corrected chi connectivity index (χ2v) is 5.80. The standard InChI is InChI=1S/C8H12O2.C7H12O3/c1-4-7-5-9-8(2,3)10-6-7;1-7(2)9-4-6(3-8)5-10-7/h1,7H,5-6H2,2-3H3;3,6H,4-5H2,1-2H3. The molecule has 0 saturated carbocycles. The first-order valence-corrected chi connectivity index (χ1v) is 6.75. The fraction of sp³-hybridized carbons (Fsp3) is 0.800. The van der Waals surface area contributed by atoms with E-state index in [9.17, 15) is 4.79 Å². The lowest BCUT2D eigenvalue weighted by atomic mass is 10.1. The lowest BCUT2D eigenvalue weighted by Gasteiger charge is -2.32. The third kappa shape index (κ3) is 6.02. The quantitative estimate of drug-likeness (QED) is 0.541. The van der Waals surface area contributed by atoms with Gasteiger partial charge < -0.3 is 23.7 Å². The van der Waals surface area contributed by atoms with Crippen molar-refractivity contribution in [1.82, 2.24) is 0 Å². The molecule has 0 aromatic carbocycles. The van der Waals surface area contributed by atoms with Gasteiger partial charge in [-0.05, 0) is 27.7 Å². The molecule has 0 aliphatic carbocycles. The molecule has 20 heavy (non-hydrogen) atoms. The summed E-state index contributed by atoms with van der Waals surface area (Å²) in [6, 6.07) is 0. The van der Waals surface area contributed by atoms with Crippen LogP contribution in [0.2, 0.25) is 0 Å². The van der Waals surface area contributed by atoms with Gasteiger partial charge in [0.1, 0.15) is 6.29 Å². The molecular formula is C15H24O5. The Morgan fingerprint density at radius 2 is 1.35 bits per heavy atom. The van der Waals surface area contributed by atoms with Gasteiger partial charge in [-0.3, -0.25) is 0 Å². The third-order valence-electron chi connectivity index (χ3n) is 2.98. The summed E-state index contributed by atoms with van der Waals surface area (Å²) in [5.41, 5.74) is 0. The van der Waals surface area contributed by atoms with Crippen molar-refractivity contribution in [2.75, 3.05) is 26.4 Å². The number of rotatable bonds is 1. The van der Waals surface area contributed by atoms with Crippen molar-refractivity contribution in [3.63, 3.8) is 0 Å². The molecule has 2 heterocycles. The van der Waals surface area contributed by atoms with Gasteiger partial charge in [0.05, 0.1) is 38.3 Å². The van der Waals surface area contributed by atoms with Crippen LogP contribution in [0, 0.1) is 24.2 Å². The maximum Gasteiger partial charge on any atom is 0.162 e. The van der Waals surface area contributed by atoms with Crippen LogP contribution in [-0.2, 0) is 23.7 Å². The van der Waals surface area contributed by atoms with Crippen LogP contribution < -0.4 is 0 Å². The Bertz CT molecular complexity index is 336. The normalized spacial score (nSPS) is 25.9. The molecule has 2 fully saturated rings. The molecular weight excluding hydrogens is 260 g/mol. The average molecular weight is 284 g/mol. The highest BCUT2D eigenvalue weighted by Gasteiger charge is 2.28. The summed E-state index contributed by atoms with van der Waals surface area (Å²) in [5.74, 6) is 1.71. The van der Waals surface area contributed by atoms with E-state index in [0.717, 1.165) is 6.29 Å². The molecule has 2 rings (SSSR count). The lowest BCUT2D eigenvalue weighted by Crippen LogP contribution is -2.39. The van der Waals surface area contributed by atoms with Crippen molar-refractivity contribution in [3.8, 4) is 12.3 Å². The zero-order valence-electron chi connectivity index (χ0n) is 12.7. The van der Waals surface area contributed by atoms with Crippen LogP contribution in [-0.4, -0.2) is 44.3 Å². The minimum absolute atomic E-state index is 0.0759. The predicted octanol–water partition coefficient (Wildman–Crippen LogP) is 1.60. The van der Waals surface area contributed by atoms with E-state index in [-0.39, 0.29) is 11.8 Å². The Kier molecular flexibility index (Phi) is 6.15. The summed E-state index contributed by atoms with van der Waals surface area (Å²) in [6.07, 6.45) is 6.05. The molecule has 0 spiro atoms. The highest BCUT2D eigenvalue weighted by Crippen LogP contribution is 2.19. The molecule has 5 nitrogen and oxygen atoms in total. The Balaban J connectivity index is 0.000000200. The van der Waals surface area contributed by atoms with Gasteiger partial charge >= 0.3 is 0 Å². The maximum absolute atomic E-state index is 10.2.